The Balaban J connectivity index is 0.00000176. The fourth-order valence-electron chi connectivity index (χ4n) is 3.15. The van der Waals surface area contributed by atoms with Crippen molar-refractivity contribution in [1.82, 2.24) is 4.98 Å². The smallest absolute Gasteiger partial charge is 0.387 e. The number of hydrogen-bond acceptors (Lipinski definition) is 5. The number of hydrogen-bond donors (Lipinski definition) is 2. The standard InChI is InChI=1S/C21H22F3N5O.C2H6/c22-17-8-9-19(29-10-2-1-3-11-29)28-20(17)27-18(26)12-15(13-25)14-4-6-16(7-5-14)30-21(23)24;1-2/h4-9,12-13,21,25H,1-3,10-11H2,(H2,26,27,28);1-2H3/b15-12+,25-13?;. The van der Waals surface area contributed by atoms with Crippen LogP contribution in [0.5, 0.6) is 5.75 Å². The molecule has 0 aliphatic carbocycles. The molecule has 2 aromatic rings. The van der Waals surface area contributed by atoms with Gasteiger partial charge in [-0.3, -0.25) is 0 Å². The number of alkyl halides is 2. The van der Waals surface area contributed by atoms with Crippen LogP contribution in [0, 0.1) is 11.2 Å². The van der Waals surface area contributed by atoms with E-state index in [1.54, 1.807) is 6.07 Å². The summed E-state index contributed by atoms with van der Waals surface area (Å²) in [5.74, 6) is -0.119. The summed E-state index contributed by atoms with van der Waals surface area (Å²) in [5, 5.41) is 7.60. The van der Waals surface area contributed by atoms with Crippen molar-refractivity contribution in [2.75, 3.05) is 18.0 Å². The van der Waals surface area contributed by atoms with Crippen molar-refractivity contribution < 1.29 is 17.9 Å². The van der Waals surface area contributed by atoms with E-state index in [1.807, 2.05) is 13.8 Å². The molecule has 0 unspecified atom stereocenters. The highest BCUT2D eigenvalue weighted by molar-refractivity contribution is 6.15. The van der Waals surface area contributed by atoms with E-state index in [4.69, 9.17) is 11.1 Å². The van der Waals surface area contributed by atoms with Crippen LogP contribution in [0.15, 0.2) is 47.5 Å². The summed E-state index contributed by atoms with van der Waals surface area (Å²) in [7, 11) is 0. The van der Waals surface area contributed by atoms with Gasteiger partial charge in [-0.05, 0) is 55.2 Å². The van der Waals surface area contributed by atoms with Crippen LogP contribution in [0.2, 0.25) is 0 Å². The number of aromatic nitrogens is 1. The van der Waals surface area contributed by atoms with Crippen molar-refractivity contribution in [2.24, 2.45) is 10.7 Å². The van der Waals surface area contributed by atoms with Gasteiger partial charge in [-0.25, -0.2) is 14.4 Å². The number of benzene rings is 1. The van der Waals surface area contributed by atoms with Crippen LogP contribution >= 0.6 is 0 Å². The Bertz CT molecular complexity index is 939. The van der Waals surface area contributed by atoms with Gasteiger partial charge in [-0.2, -0.15) is 8.78 Å². The van der Waals surface area contributed by atoms with Gasteiger partial charge < -0.3 is 20.8 Å². The first kappa shape index (κ1) is 24.9. The summed E-state index contributed by atoms with van der Waals surface area (Å²) < 4.78 is 43.0. The lowest BCUT2D eigenvalue weighted by Crippen LogP contribution is -2.30. The lowest BCUT2D eigenvalue weighted by molar-refractivity contribution is -0.0498. The third kappa shape index (κ3) is 7.11. The second-order valence-corrected chi connectivity index (χ2v) is 6.71. The Morgan fingerprint density at radius 2 is 1.78 bits per heavy atom. The summed E-state index contributed by atoms with van der Waals surface area (Å²) in [6, 6.07) is 8.67. The lowest BCUT2D eigenvalue weighted by atomic mass is 10.1. The molecule has 3 rings (SSSR count). The molecule has 6 nitrogen and oxygen atoms in total. The quantitative estimate of drug-likeness (QED) is 0.430. The number of anilines is 1. The van der Waals surface area contributed by atoms with Gasteiger partial charge in [0.05, 0.1) is 0 Å². The maximum absolute atomic E-state index is 14.2. The van der Waals surface area contributed by atoms with Crippen LogP contribution in [-0.4, -0.2) is 36.7 Å². The molecule has 2 heterocycles. The fraction of sp³-hybridized carbons (Fsp3) is 0.348. The van der Waals surface area contributed by atoms with Crippen molar-refractivity contribution in [2.45, 2.75) is 39.7 Å². The number of ether oxygens (including phenoxy) is 1. The second-order valence-electron chi connectivity index (χ2n) is 6.71. The summed E-state index contributed by atoms with van der Waals surface area (Å²) in [6.07, 6.45) is 5.73. The molecule has 1 fully saturated rings. The Morgan fingerprint density at radius 1 is 1.12 bits per heavy atom. The SMILES string of the molecule is CC.N=C/C(=C\C(N)=N\c1nc(N2CCCCC2)ccc1F)c1ccc(OC(F)F)cc1. The Labute approximate surface area is 186 Å². The zero-order chi connectivity index (χ0) is 23.5. The van der Waals surface area contributed by atoms with E-state index in [0.717, 1.165) is 32.1 Å². The molecule has 32 heavy (non-hydrogen) atoms. The van der Waals surface area contributed by atoms with E-state index < -0.39 is 12.4 Å². The molecule has 0 amide bonds. The predicted octanol–water partition coefficient (Wildman–Crippen LogP) is 5.56. The van der Waals surface area contributed by atoms with E-state index in [-0.39, 0.29) is 17.4 Å². The Morgan fingerprint density at radius 3 is 2.38 bits per heavy atom. The van der Waals surface area contributed by atoms with E-state index >= 15 is 0 Å². The predicted molar refractivity (Wildman–Crippen MR) is 123 cm³/mol. The van der Waals surface area contributed by atoms with Crippen molar-refractivity contribution in [3.63, 3.8) is 0 Å². The van der Waals surface area contributed by atoms with Crippen LogP contribution in [0.4, 0.5) is 24.8 Å². The van der Waals surface area contributed by atoms with Crippen LogP contribution < -0.4 is 15.4 Å². The number of pyridine rings is 1. The third-order valence-corrected chi connectivity index (χ3v) is 4.60. The Hall–Kier alpha value is -3.36. The highest BCUT2D eigenvalue weighted by atomic mass is 19.3. The van der Waals surface area contributed by atoms with Crippen LogP contribution in [0.1, 0.15) is 38.7 Å². The second kappa shape index (κ2) is 12.5. The minimum Gasteiger partial charge on any atom is -0.435 e. The first-order valence-electron chi connectivity index (χ1n) is 10.5. The zero-order valence-electron chi connectivity index (χ0n) is 18.2. The maximum atomic E-state index is 14.2. The summed E-state index contributed by atoms with van der Waals surface area (Å²) in [6.45, 7) is 2.81. The van der Waals surface area contributed by atoms with E-state index in [0.29, 0.717) is 17.0 Å². The molecule has 9 heteroatoms. The zero-order valence-corrected chi connectivity index (χ0v) is 18.2. The molecule has 1 saturated heterocycles. The number of nitrogens with zero attached hydrogens (tertiary/aromatic N) is 3. The van der Waals surface area contributed by atoms with Gasteiger partial charge in [0.15, 0.2) is 11.6 Å². The van der Waals surface area contributed by atoms with E-state index in [9.17, 15) is 13.2 Å². The minimum absolute atomic E-state index is 0.000480. The van der Waals surface area contributed by atoms with E-state index in [2.05, 4.69) is 19.6 Å². The van der Waals surface area contributed by atoms with Gasteiger partial charge in [0, 0.05) is 24.9 Å². The molecule has 172 valence electrons. The van der Waals surface area contributed by atoms with Crippen molar-refractivity contribution in [1.29, 1.82) is 5.41 Å². The van der Waals surface area contributed by atoms with Crippen molar-refractivity contribution in [3.8, 4) is 5.75 Å². The van der Waals surface area contributed by atoms with Gasteiger partial charge in [-0.1, -0.05) is 26.0 Å². The van der Waals surface area contributed by atoms with Crippen LogP contribution in [-0.2, 0) is 0 Å². The van der Waals surface area contributed by atoms with Gasteiger partial charge in [0.1, 0.15) is 17.4 Å². The number of allylic oxidation sites excluding steroid dienone is 1. The molecule has 3 N–H and O–H groups in total. The number of aliphatic imine (C=N–C) groups is 1. The highest BCUT2D eigenvalue weighted by Crippen LogP contribution is 2.24. The molecule has 1 aliphatic rings. The molecule has 0 spiro atoms. The van der Waals surface area contributed by atoms with Crippen molar-refractivity contribution in [3.05, 3.63) is 53.9 Å². The lowest BCUT2D eigenvalue weighted by Gasteiger charge is -2.27. The van der Waals surface area contributed by atoms with Crippen molar-refractivity contribution >= 4 is 29.3 Å². The van der Waals surface area contributed by atoms with Crippen LogP contribution in [0.25, 0.3) is 5.57 Å². The van der Waals surface area contributed by atoms with Gasteiger partial charge >= 0.3 is 6.61 Å². The van der Waals surface area contributed by atoms with Gasteiger partial charge in [0.25, 0.3) is 0 Å². The number of amidine groups is 1. The molecule has 0 atom stereocenters. The molecule has 0 bridgehead atoms. The third-order valence-electron chi connectivity index (χ3n) is 4.60. The topological polar surface area (TPSA) is 87.6 Å². The number of nitrogens with two attached hydrogens (primary N) is 1. The molecular weight excluding hydrogens is 419 g/mol. The fourth-order valence-corrected chi connectivity index (χ4v) is 3.15. The normalized spacial score (nSPS) is 14.6. The average molecular weight is 448 g/mol. The Kier molecular flexibility index (Phi) is 9.72. The summed E-state index contributed by atoms with van der Waals surface area (Å²) in [4.78, 5) is 10.4. The first-order chi connectivity index (χ1) is 15.5. The summed E-state index contributed by atoms with van der Waals surface area (Å²) >= 11 is 0. The highest BCUT2D eigenvalue weighted by Gasteiger charge is 2.14. The average Bonchev–Trinajstić information content (AvgIpc) is 2.81. The summed E-state index contributed by atoms with van der Waals surface area (Å²) in [5.41, 5.74) is 6.85. The molecule has 1 aliphatic heterocycles. The maximum Gasteiger partial charge on any atom is 0.387 e. The van der Waals surface area contributed by atoms with Gasteiger partial charge in [0.2, 0.25) is 0 Å². The minimum atomic E-state index is -2.92. The first-order valence-corrected chi connectivity index (χ1v) is 10.5. The molecule has 1 aromatic heterocycles. The monoisotopic (exact) mass is 447 g/mol. The number of halogens is 3. The molecule has 1 aromatic carbocycles. The molecular formula is C23H28F3N5O. The molecule has 0 radical (unpaired) electrons. The molecule has 0 saturated carbocycles. The largest absolute Gasteiger partial charge is 0.435 e. The number of piperidine rings is 1. The van der Waals surface area contributed by atoms with Crippen LogP contribution in [0.3, 0.4) is 0 Å². The van der Waals surface area contributed by atoms with E-state index in [1.165, 1.54) is 42.8 Å². The number of rotatable bonds is 7. The van der Waals surface area contributed by atoms with Gasteiger partial charge in [-0.15, -0.1) is 0 Å². The number of nitrogens with one attached hydrogen (secondary N) is 1.